The topological polar surface area (TPSA) is 30.7 Å². The summed E-state index contributed by atoms with van der Waals surface area (Å²) in [5.41, 5.74) is 1.58. The van der Waals surface area contributed by atoms with Crippen molar-refractivity contribution in [2.24, 2.45) is 0 Å². The summed E-state index contributed by atoms with van der Waals surface area (Å²) in [6.07, 6.45) is 8.41. The van der Waals surface area contributed by atoms with E-state index in [9.17, 15) is 0 Å². The van der Waals surface area contributed by atoms with Crippen LogP contribution in [0, 0.1) is 0 Å². The zero-order chi connectivity index (χ0) is 12.4. The fourth-order valence-corrected chi connectivity index (χ4v) is 3.14. The molecule has 1 heterocycles. The number of hydrogen-bond acceptors (Lipinski definition) is 2. The van der Waals surface area contributed by atoms with Crippen LogP contribution in [0.2, 0.25) is 5.02 Å². The van der Waals surface area contributed by atoms with Crippen molar-refractivity contribution in [2.75, 3.05) is 0 Å². The zero-order valence-electron chi connectivity index (χ0n) is 10.2. The predicted octanol–water partition coefficient (Wildman–Crippen LogP) is 3.44. The quantitative estimate of drug-likeness (QED) is 0.847. The standard InChI is InChI=1S/C14H16ClN3/c15-13-5-3-12(4-6-13)14(7-1-2-8-14)9-18-11-16-10-17-18/h3-6,10-11H,1-2,7-9H2. The molecule has 1 aromatic heterocycles. The summed E-state index contributed by atoms with van der Waals surface area (Å²) in [4.78, 5) is 4.03. The Kier molecular flexibility index (Phi) is 3.08. The van der Waals surface area contributed by atoms with Crippen LogP contribution >= 0.6 is 11.6 Å². The molecule has 2 aromatic rings. The smallest absolute Gasteiger partial charge is 0.137 e. The molecule has 18 heavy (non-hydrogen) atoms. The first-order chi connectivity index (χ1) is 8.78. The van der Waals surface area contributed by atoms with Gasteiger partial charge in [0.2, 0.25) is 0 Å². The molecule has 1 aliphatic carbocycles. The van der Waals surface area contributed by atoms with Crippen molar-refractivity contribution >= 4 is 11.6 Å². The van der Waals surface area contributed by atoms with Crippen molar-refractivity contribution in [3.63, 3.8) is 0 Å². The van der Waals surface area contributed by atoms with Crippen LogP contribution in [0.3, 0.4) is 0 Å². The Balaban J connectivity index is 1.93. The lowest BCUT2D eigenvalue weighted by Crippen LogP contribution is -2.28. The van der Waals surface area contributed by atoms with E-state index in [4.69, 9.17) is 11.6 Å². The second kappa shape index (κ2) is 4.73. The molecule has 1 aromatic carbocycles. The minimum Gasteiger partial charge on any atom is -0.252 e. The first-order valence-corrected chi connectivity index (χ1v) is 6.75. The second-order valence-corrected chi connectivity index (χ2v) is 5.52. The molecule has 0 atom stereocenters. The van der Waals surface area contributed by atoms with Crippen LogP contribution in [0.25, 0.3) is 0 Å². The summed E-state index contributed by atoms with van der Waals surface area (Å²) in [6, 6.07) is 8.28. The van der Waals surface area contributed by atoms with Gasteiger partial charge >= 0.3 is 0 Å². The van der Waals surface area contributed by atoms with Gasteiger partial charge in [0.1, 0.15) is 12.7 Å². The van der Waals surface area contributed by atoms with Crippen molar-refractivity contribution in [1.29, 1.82) is 0 Å². The molecule has 0 saturated heterocycles. The highest BCUT2D eigenvalue weighted by Gasteiger charge is 2.36. The Hall–Kier alpha value is -1.35. The van der Waals surface area contributed by atoms with Crippen LogP contribution in [0.15, 0.2) is 36.9 Å². The van der Waals surface area contributed by atoms with Crippen LogP contribution in [0.5, 0.6) is 0 Å². The van der Waals surface area contributed by atoms with E-state index < -0.39 is 0 Å². The first-order valence-electron chi connectivity index (χ1n) is 6.37. The zero-order valence-corrected chi connectivity index (χ0v) is 11.0. The van der Waals surface area contributed by atoms with E-state index in [1.54, 1.807) is 12.7 Å². The number of halogens is 1. The number of aromatic nitrogens is 3. The van der Waals surface area contributed by atoms with Gasteiger partial charge in [-0.2, -0.15) is 5.10 Å². The Morgan fingerprint density at radius 3 is 2.50 bits per heavy atom. The lowest BCUT2D eigenvalue weighted by Gasteiger charge is -2.29. The number of hydrogen-bond donors (Lipinski definition) is 0. The van der Waals surface area contributed by atoms with Crippen molar-refractivity contribution in [2.45, 2.75) is 37.6 Å². The van der Waals surface area contributed by atoms with Gasteiger partial charge < -0.3 is 0 Å². The highest BCUT2D eigenvalue weighted by atomic mass is 35.5. The van der Waals surface area contributed by atoms with Crippen LogP contribution in [0.1, 0.15) is 31.2 Å². The van der Waals surface area contributed by atoms with Crippen LogP contribution < -0.4 is 0 Å². The third kappa shape index (κ3) is 2.15. The van der Waals surface area contributed by atoms with Crippen molar-refractivity contribution in [3.8, 4) is 0 Å². The molecule has 1 saturated carbocycles. The van der Waals surface area contributed by atoms with Crippen LogP contribution in [-0.4, -0.2) is 14.8 Å². The summed E-state index contributed by atoms with van der Waals surface area (Å²) in [7, 11) is 0. The van der Waals surface area contributed by atoms with Crippen LogP contribution in [0.4, 0.5) is 0 Å². The molecule has 94 valence electrons. The normalized spacial score (nSPS) is 18.1. The lowest BCUT2D eigenvalue weighted by atomic mass is 9.79. The summed E-state index contributed by atoms with van der Waals surface area (Å²) in [5, 5.41) is 5.05. The maximum absolute atomic E-state index is 5.98. The molecule has 0 amide bonds. The molecule has 1 fully saturated rings. The lowest BCUT2D eigenvalue weighted by molar-refractivity contribution is 0.352. The minimum absolute atomic E-state index is 0.207. The highest BCUT2D eigenvalue weighted by molar-refractivity contribution is 6.30. The molecule has 0 spiro atoms. The van der Waals surface area contributed by atoms with Gasteiger partial charge in [-0.25, -0.2) is 4.98 Å². The molecule has 0 radical (unpaired) electrons. The van der Waals surface area contributed by atoms with Crippen molar-refractivity contribution < 1.29 is 0 Å². The van der Waals surface area contributed by atoms with E-state index in [0.717, 1.165) is 11.6 Å². The number of rotatable bonds is 3. The maximum atomic E-state index is 5.98. The Morgan fingerprint density at radius 2 is 1.89 bits per heavy atom. The summed E-state index contributed by atoms with van der Waals surface area (Å²) < 4.78 is 1.94. The van der Waals surface area contributed by atoms with Crippen molar-refractivity contribution in [3.05, 3.63) is 47.5 Å². The first kappa shape index (κ1) is 11.7. The summed E-state index contributed by atoms with van der Waals surface area (Å²) in [6.45, 7) is 0.911. The molecule has 4 heteroatoms. The fraction of sp³-hybridized carbons (Fsp3) is 0.429. The molecular formula is C14H16ClN3. The van der Waals surface area contributed by atoms with Gasteiger partial charge in [0.05, 0.1) is 6.54 Å². The summed E-state index contributed by atoms with van der Waals surface area (Å²) in [5.74, 6) is 0. The number of nitrogens with zero attached hydrogens (tertiary/aromatic N) is 3. The van der Waals surface area contributed by atoms with Gasteiger partial charge in [0.15, 0.2) is 0 Å². The second-order valence-electron chi connectivity index (χ2n) is 5.09. The molecule has 3 rings (SSSR count). The van der Waals surface area contributed by atoms with E-state index >= 15 is 0 Å². The SMILES string of the molecule is Clc1ccc(C2(Cn3cncn3)CCCC2)cc1. The van der Waals surface area contributed by atoms with E-state index in [1.807, 2.05) is 16.8 Å². The predicted molar refractivity (Wildman–Crippen MR) is 71.6 cm³/mol. The minimum atomic E-state index is 0.207. The Bertz CT molecular complexity index is 498. The number of benzene rings is 1. The molecule has 0 bridgehead atoms. The Labute approximate surface area is 112 Å². The van der Waals surface area contributed by atoms with Gasteiger partial charge in [0.25, 0.3) is 0 Å². The molecule has 0 N–H and O–H groups in total. The largest absolute Gasteiger partial charge is 0.252 e. The van der Waals surface area contributed by atoms with E-state index in [1.165, 1.54) is 31.2 Å². The third-order valence-corrected chi connectivity index (χ3v) is 4.20. The van der Waals surface area contributed by atoms with Gasteiger partial charge in [-0.05, 0) is 30.5 Å². The monoisotopic (exact) mass is 261 g/mol. The highest BCUT2D eigenvalue weighted by Crippen LogP contribution is 2.42. The van der Waals surface area contributed by atoms with Crippen molar-refractivity contribution in [1.82, 2.24) is 14.8 Å². The molecular weight excluding hydrogens is 246 g/mol. The third-order valence-electron chi connectivity index (χ3n) is 3.95. The molecule has 0 aliphatic heterocycles. The van der Waals surface area contributed by atoms with E-state index in [-0.39, 0.29) is 5.41 Å². The van der Waals surface area contributed by atoms with Gasteiger partial charge in [-0.1, -0.05) is 36.6 Å². The van der Waals surface area contributed by atoms with E-state index in [0.29, 0.717) is 0 Å². The average molecular weight is 262 g/mol. The molecule has 3 nitrogen and oxygen atoms in total. The van der Waals surface area contributed by atoms with Gasteiger partial charge in [0, 0.05) is 10.4 Å². The van der Waals surface area contributed by atoms with Gasteiger partial charge in [-0.15, -0.1) is 0 Å². The Morgan fingerprint density at radius 1 is 1.17 bits per heavy atom. The van der Waals surface area contributed by atoms with Gasteiger partial charge in [-0.3, -0.25) is 4.68 Å². The molecule has 1 aliphatic rings. The summed E-state index contributed by atoms with van der Waals surface area (Å²) >= 11 is 5.98. The average Bonchev–Trinajstić information content (AvgIpc) is 3.03. The maximum Gasteiger partial charge on any atom is 0.137 e. The molecule has 0 unspecified atom stereocenters. The fourth-order valence-electron chi connectivity index (χ4n) is 3.02. The van der Waals surface area contributed by atoms with Crippen LogP contribution in [-0.2, 0) is 12.0 Å². The van der Waals surface area contributed by atoms with E-state index in [2.05, 4.69) is 22.2 Å².